The van der Waals surface area contributed by atoms with Gasteiger partial charge >= 0.3 is 17.9 Å². The molecule has 438 valence electrons. The monoisotopic (exact) mass is 1050 g/mol. The Kier molecular flexibility index (Phi) is 61.7. The molecule has 6 nitrogen and oxygen atoms in total. The number of rotatable bonds is 61. The Hall–Kier alpha value is -2.63. The van der Waals surface area contributed by atoms with Gasteiger partial charge in [0.1, 0.15) is 13.2 Å². The van der Waals surface area contributed by atoms with Gasteiger partial charge in [-0.15, -0.1) is 0 Å². The highest BCUT2D eigenvalue weighted by molar-refractivity contribution is 5.71. The molecule has 0 saturated carbocycles. The lowest BCUT2D eigenvalue weighted by atomic mass is 10.0. The lowest BCUT2D eigenvalue weighted by Gasteiger charge is -2.18. The average molecular weight is 1050 g/mol. The first-order valence-corrected chi connectivity index (χ1v) is 33.1. The predicted molar refractivity (Wildman–Crippen MR) is 325 cm³/mol. The van der Waals surface area contributed by atoms with Gasteiger partial charge in [0, 0.05) is 19.3 Å². The summed E-state index contributed by atoms with van der Waals surface area (Å²) in [4.78, 5) is 38.0. The van der Waals surface area contributed by atoms with Crippen LogP contribution in [0.5, 0.6) is 0 Å². The first-order valence-electron chi connectivity index (χ1n) is 33.1. The van der Waals surface area contributed by atoms with Crippen LogP contribution in [0.1, 0.15) is 355 Å². The van der Waals surface area contributed by atoms with Crippen molar-refractivity contribution in [3.63, 3.8) is 0 Å². The smallest absolute Gasteiger partial charge is 0.306 e. The van der Waals surface area contributed by atoms with Crippen LogP contribution in [0.15, 0.2) is 48.6 Å². The molecule has 0 fully saturated rings. The molecule has 1 unspecified atom stereocenters. The summed E-state index contributed by atoms with van der Waals surface area (Å²) in [5.74, 6) is -0.866. The molecule has 0 rings (SSSR count). The van der Waals surface area contributed by atoms with Crippen LogP contribution >= 0.6 is 0 Å². The van der Waals surface area contributed by atoms with Gasteiger partial charge in [-0.25, -0.2) is 0 Å². The zero-order valence-corrected chi connectivity index (χ0v) is 50.3. The second kappa shape index (κ2) is 63.9. The third-order valence-electron chi connectivity index (χ3n) is 14.8. The van der Waals surface area contributed by atoms with Crippen LogP contribution in [0.25, 0.3) is 0 Å². The second-order valence-corrected chi connectivity index (χ2v) is 22.4. The number of unbranched alkanes of at least 4 members (excludes halogenated alkanes) is 42. The molecule has 0 aromatic carbocycles. The Morgan fingerprint density at radius 2 is 0.480 bits per heavy atom. The molecular weight excluding hydrogens is 925 g/mol. The van der Waals surface area contributed by atoms with Gasteiger partial charge in [-0.1, -0.05) is 301 Å². The van der Waals surface area contributed by atoms with Crippen molar-refractivity contribution in [2.45, 2.75) is 361 Å². The van der Waals surface area contributed by atoms with Crippen molar-refractivity contribution in [1.29, 1.82) is 0 Å². The summed E-state index contributed by atoms with van der Waals surface area (Å²) in [6.07, 6.45) is 80.4. The van der Waals surface area contributed by atoms with Gasteiger partial charge in [0.15, 0.2) is 6.10 Å². The standard InChI is InChI=1S/C69H126O6/c1-4-7-10-13-15-17-19-21-23-25-27-29-31-33-34-36-37-39-41-43-45-47-49-51-53-56-59-62-68(71)74-65-66(64-73-67(70)61-58-55-12-9-6-3)75-69(72)63-60-57-54-52-50-48-46-44-42-40-38-35-32-30-28-26-24-22-20-18-16-14-11-8-5-2/h19-22,25-28,66H,4-18,23-24,29-65H2,1-3H3/b21-19-,22-20-,27-25-,28-26-. The Bertz CT molecular complexity index is 1300. The van der Waals surface area contributed by atoms with E-state index in [1.807, 2.05) is 0 Å². The SMILES string of the molecule is CCCCCCC/C=C\C/C=C\CCCCCCCCCCCCCCCCCC(=O)OCC(COC(=O)CCCCCCC)OC(=O)CCCCCCCCCCCCCCC/C=C\C/C=C\CCCCCCC. The number of ether oxygens (including phenoxy) is 3. The molecule has 0 bridgehead atoms. The first-order chi connectivity index (χ1) is 37.0. The summed E-state index contributed by atoms with van der Waals surface area (Å²) in [5.41, 5.74) is 0. The number of hydrogen-bond acceptors (Lipinski definition) is 6. The molecule has 0 spiro atoms. The summed E-state index contributed by atoms with van der Waals surface area (Å²) < 4.78 is 16.8. The third kappa shape index (κ3) is 62.1. The third-order valence-corrected chi connectivity index (χ3v) is 14.8. The summed E-state index contributed by atoms with van der Waals surface area (Å²) >= 11 is 0. The molecule has 1 atom stereocenters. The molecule has 6 heteroatoms. The molecule has 0 aliphatic heterocycles. The Balaban J connectivity index is 3.98. The largest absolute Gasteiger partial charge is 0.462 e. The molecular formula is C69H126O6. The van der Waals surface area contributed by atoms with Crippen LogP contribution in [0.3, 0.4) is 0 Å². The summed E-state index contributed by atoms with van der Waals surface area (Å²) in [6.45, 7) is 6.58. The van der Waals surface area contributed by atoms with E-state index in [1.165, 1.54) is 238 Å². The van der Waals surface area contributed by atoms with Gasteiger partial charge in [0.25, 0.3) is 0 Å². The maximum absolute atomic E-state index is 12.8. The van der Waals surface area contributed by atoms with Crippen LogP contribution < -0.4 is 0 Å². The second-order valence-electron chi connectivity index (χ2n) is 22.4. The summed E-state index contributed by atoms with van der Waals surface area (Å²) in [5, 5.41) is 0. The number of esters is 3. The van der Waals surface area contributed by atoms with Gasteiger partial charge in [0.05, 0.1) is 0 Å². The van der Waals surface area contributed by atoms with E-state index >= 15 is 0 Å². The highest BCUT2D eigenvalue weighted by atomic mass is 16.6. The van der Waals surface area contributed by atoms with E-state index in [2.05, 4.69) is 69.4 Å². The van der Waals surface area contributed by atoms with E-state index in [0.717, 1.165) is 77.0 Å². The molecule has 75 heavy (non-hydrogen) atoms. The van der Waals surface area contributed by atoms with Crippen molar-refractivity contribution < 1.29 is 28.6 Å². The highest BCUT2D eigenvalue weighted by Crippen LogP contribution is 2.17. The molecule has 0 aromatic rings. The zero-order valence-electron chi connectivity index (χ0n) is 50.3. The van der Waals surface area contributed by atoms with Gasteiger partial charge in [-0.3, -0.25) is 14.4 Å². The van der Waals surface area contributed by atoms with Crippen LogP contribution in [0.2, 0.25) is 0 Å². The number of allylic oxidation sites excluding steroid dienone is 8. The van der Waals surface area contributed by atoms with Crippen molar-refractivity contribution in [2.75, 3.05) is 13.2 Å². The molecule has 0 amide bonds. The van der Waals surface area contributed by atoms with Crippen molar-refractivity contribution in [3.05, 3.63) is 48.6 Å². The Morgan fingerprint density at radius 3 is 0.733 bits per heavy atom. The number of carbonyl (C=O) groups is 3. The zero-order chi connectivity index (χ0) is 54.3. The van der Waals surface area contributed by atoms with Crippen molar-refractivity contribution >= 4 is 17.9 Å². The molecule has 0 aliphatic carbocycles. The lowest BCUT2D eigenvalue weighted by Crippen LogP contribution is -2.30. The van der Waals surface area contributed by atoms with E-state index in [9.17, 15) is 14.4 Å². The highest BCUT2D eigenvalue weighted by Gasteiger charge is 2.19. The normalized spacial score (nSPS) is 12.3. The number of hydrogen-bond donors (Lipinski definition) is 0. The quantitative estimate of drug-likeness (QED) is 0.0261. The minimum absolute atomic E-state index is 0.0702. The molecule has 0 N–H and O–H groups in total. The first kappa shape index (κ1) is 72.4. The van der Waals surface area contributed by atoms with E-state index in [1.54, 1.807) is 0 Å². The maximum atomic E-state index is 12.8. The lowest BCUT2D eigenvalue weighted by molar-refractivity contribution is -0.167. The maximum Gasteiger partial charge on any atom is 0.306 e. The molecule has 0 aromatic heterocycles. The Labute approximate surface area is 467 Å². The molecule has 0 radical (unpaired) electrons. The summed E-state index contributed by atoms with van der Waals surface area (Å²) in [6, 6.07) is 0. The fourth-order valence-corrected chi connectivity index (χ4v) is 9.80. The van der Waals surface area contributed by atoms with Gasteiger partial charge in [0.2, 0.25) is 0 Å². The van der Waals surface area contributed by atoms with Gasteiger partial charge in [-0.05, 0) is 83.5 Å². The average Bonchev–Trinajstić information content (AvgIpc) is 3.41. The number of carbonyl (C=O) groups excluding carboxylic acids is 3. The van der Waals surface area contributed by atoms with Crippen molar-refractivity contribution in [3.8, 4) is 0 Å². The molecule has 0 heterocycles. The predicted octanol–water partition coefficient (Wildman–Crippen LogP) is 22.6. The van der Waals surface area contributed by atoms with Crippen molar-refractivity contribution in [1.82, 2.24) is 0 Å². The van der Waals surface area contributed by atoms with Gasteiger partial charge < -0.3 is 14.2 Å². The van der Waals surface area contributed by atoms with Gasteiger partial charge in [-0.2, -0.15) is 0 Å². The molecule has 0 saturated heterocycles. The van der Waals surface area contributed by atoms with Crippen LogP contribution in [0.4, 0.5) is 0 Å². The summed E-state index contributed by atoms with van der Waals surface area (Å²) in [7, 11) is 0. The fourth-order valence-electron chi connectivity index (χ4n) is 9.80. The van der Waals surface area contributed by atoms with Crippen molar-refractivity contribution in [2.24, 2.45) is 0 Å². The van der Waals surface area contributed by atoms with Crippen LogP contribution in [0, 0.1) is 0 Å². The van der Waals surface area contributed by atoms with E-state index in [4.69, 9.17) is 14.2 Å². The topological polar surface area (TPSA) is 78.9 Å². The van der Waals surface area contributed by atoms with Crippen LogP contribution in [-0.4, -0.2) is 37.2 Å². The Morgan fingerprint density at radius 1 is 0.267 bits per heavy atom. The minimum atomic E-state index is -0.769. The van der Waals surface area contributed by atoms with E-state index in [-0.39, 0.29) is 31.1 Å². The van der Waals surface area contributed by atoms with Crippen LogP contribution in [-0.2, 0) is 28.6 Å². The molecule has 0 aliphatic rings. The van der Waals surface area contributed by atoms with E-state index < -0.39 is 6.10 Å². The van der Waals surface area contributed by atoms with E-state index in [0.29, 0.717) is 19.3 Å². The minimum Gasteiger partial charge on any atom is -0.462 e. The fraction of sp³-hybridized carbons (Fsp3) is 0.841.